The van der Waals surface area contributed by atoms with E-state index in [4.69, 9.17) is 14.7 Å². The second-order valence-corrected chi connectivity index (χ2v) is 13.5. The van der Waals surface area contributed by atoms with Crippen molar-refractivity contribution in [1.82, 2.24) is 4.57 Å². The van der Waals surface area contributed by atoms with Crippen molar-refractivity contribution in [3.63, 3.8) is 0 Å². The molecule has 0 radical (unpaired) electrons. The van der Waals surface area contributed by atoms with Gasteiger partial charge in [-0.1, -0.05) is 19.6 Å². The summed E-state index contributed by atoms with van der Waals surface area (Å²) in [6.07, 6.45) is 1.62. The lowest BCUT2D eigenvalue weighted by Gasteiger charge is -2.16. The number of nitriles is 1. The van der Waals surface area contributed by atoms with Gasteiger partial charge in [0.1, 0.15) is 24.4 Å². The number of fused-ring (bicyclic) bond motifs is 1. The molecule has 0 saturated carbocycles. The molecule has 3 rings (SSSR count). The van der Waals surface area contributed by atoms with E-state index in [0.29, 0.717) is 12.1 Å². The summed E-state index contributed by atoms with van der Waals surface area (Å²) in [6.45, 7) is 7.51. The lowest BCUT2D eigenvalue weighted by atomic mass is 10.2. The van der Waals surface area contributed by atoms with Gasteiger partial charge in [-0.25, -0.2) is 13.2 Å². The van der Waals surface area contributed by atoms with Gasteiger partial charge in [-0.2, -0.15) is 5.26 Å². The second-order valence-electron chi connectivity index (χ2n) is 7.92. The molecule has 4 nitrogen and oxygen atoms in total. The summed E-state index contributed by atoms with van der Waals surface area (Å²) in [5.41, 5.74) is 0.0724. The van der Waals surface area contributed by atoms with Crippen LogP contribution in [0.4, 0.5) is 13.2 Å². The third-order valence-electron chi connectivity index (χ3n) is 4.43. The van der Waals surface area contributed by atoms with Gasteiger partial charge >= 0.3 is 0 Å². The Kier molecular flexibility index (Phi) is 6.01. The van der Waals surface area contributed by atoms with Crippen molar-refractivity contribution in [1.29, 1.82) is 5.26 Å². The lowest BCUT2D eigenvalue weighted by molar-refractivity contribution is 0.0902. The zero-order valence-electron chi connectivity index (χ0n) is 16.4. The fraction of sp³-hybridized carbons (Fsp3) is 0.286. The Bertz CT molecular complexity index is 1080. The summed E-state index contributed by atoms with van der Waals surface area (Å²) in [5, 5.41) is 9.07. The number of nitrogens with zero attached hydrogens (tertiary/aromatic N) is 2. The van der Waals surface area contributed by atoms with Crippen LogP contribution in [0.15, 0.2) is 36.5 Å². The Balaban J connectivity index is 1.84. The molecular formula is C21H21F3N2O2Si. The van der Waals surface area contributed by atoms with Gasteiger partial charge in [0.15, 0.2) is 17.4 Å². The van der Waals surface area contributed by atoms with E-state index < -0.39 is 31.3 Å². The summed E-state index contributed by atoms with van der Waals surface area (Å²) in [7, 11) is -1.22. The van der Waals surface area contributed by atoms with E-state index >= 15 is 0 Å². The first-order chi connectivity index (χ1) is 13.7. The molecule has 152 valence electrons. The topological polar surface area (TPSA) is 47.2 Å². The van der Waals surface area contributed by atoms with Crippen LogP contribution < -0.4 is 4.74 Å². The SMILES string of the molecule is C[Si](C)(C)CCOCn1ccc2c(F)c(Oc3ccc(F)c(C#N)c3)c(F)cc21. The fourth-order valence-electron chi connectivity index (χ4n) is 2.76. The Morgan fingerprint density at radius 3 is 2.52 bits per heavy atom. The molecule has 0 saturated heterocycles. The Morgan fingerprint density at radius 1 is 1.07 bits per heavy atom. The predicted octanol–water partition coefficient (Wildman–Crippen LogP) is 6.03. The standard InChI is InChI=1S/C21H21F3N2O2Si/c1-29(2,3)9-8-27-13-26-7-6-16-19(26)11-18(23)21(20(16)24)28-15-4-5-17(22)14(10-15)12-25/h4-7,10-11H,8-9,13H2,1-3H3. The first-order valence-corrected chi connectivity index (χ1v) is 12.8. The van der Waals surface area contributed by atoms with Gasteiger partial charge in [-0.15, -0.1) is 0 Å². The molecule has 0 spiro atoms. The van der Waals surface area contributed by atoms with Crippen LogP contribution in [-0.4, -0.2) is 19.2 Å². The summed E-state index contributed by atoms with van der Waals surface area (Å²) < 4.78 is 55.5. The minimum Gasteiger partial charge on any atom is -0.451 e. The number of benzene rings is 2. The van der Waals surface area contributed by atoms with Gasteiger partial charge in [0.2, 0.25) is 0 Å². The molecule has 1 aromatic heterocycles. The van der Waals surface area contributed by atoms with Crippen molar-refractivity contribution in [2.45, 2.75) is 32.4 Å². The van der Waals surface area contributed by atoms with E-state index in [1.807, 2.05) is 0 Å². The molecule has 0 aliphatic carbocycles. The number of hydrogen-bond donors (Lipinski definition) is 0. The first-order valence-electron chi connectivity index (χ1n) is 9.12. The minimum absolute atomic E-state index is 0.0331. The highest BCUT2D eigenvalue weighted by Gasteiger charge is 2.19. The van der Waals surface area contributed by atoms with Crippen LogP contribution in [0.25, 0.3) is 10.9 Å². The monoisotopic (exact) mass is 418 g/mol. The largest absolute Gasteiger partial charge is 0.451 e. The molecule has 0 aliphatic rings. The third-order valence-corrected chi connectivity index (χ3v) is 6.13. The quantitative estimate of drug-likeness (QED) is 0.347. The van der Waals surface area contributed by atoms with E-state index in [0.717, 1.165) is 18.2 Å². The predicted molar refractivity (Wildman–Crippen MR) is 107 cm³/mol. The van der Waals surface area contributed by atoms with Crippen LogP contribution in [0.2, 0.25) is 25.7 Å². The molecule has 0 amide bonds. The zero-order chi connectivity index (χ0) is 21.2. The molecule has 8 heteroatoms. The number of hydrogen-bond acceptors (Lipinski definition) is 3. The van der Waals surface area contributed by atoms with Gasteiger partial charge in [0.25, 0.3) is 0 Å². The number of aromatic nitrogens is 1. The van der Waals surface area contributed by atoms with Gasteiger partial charge in [0, 0.05) is 38.4 Å². The zero-order valence-corrected chi connectivity index (χ0v) is 17.4. The second kappa shape index (κ2) is 8.31. The maximum absolute atomic E-state index is 14.9. The molecule has 0 N–H and O–H groups in total. The van der Waals surface area contributed by atoms with Crippen molar-refractivity contribution < 1.29 is 22.6 Å². The average Bonchev–Trinajstić information content (AvgIpc) is 3.05. The van der Waals surface area contributed by atoms with Crippen LogP contribution in [-0.2, 0) is 11.5 Å². The normalized spacial score (nSPS) is 11.6. The first kappa shape index (κ1) is 21.0. The van der Waals surface area contributed by atoms with E-state index in [1.54, 1.807) is 16.8 Å². The lowest BCUT2D eigenvalue weighted by Crippen LogP contribution is -2.21. The number of ether oxygens (including phenoxy) is 2. The van der Waals surface area contributed by atoms with Crippen molar-refractivity contribution >= 4 is 19.0 Å². The minimum atomic E-state index is -1.22. The Hall–Kier alpha value is -2.76. The van der Waals surface area contributed by atoms with Crippen molar-refractivity contribution in [3.8, 4) is 17.6 Å². The van der Waals surface area contributed by atoms with Crippen LogP contribution in [0.3, 0.4) is 0 Å². The van der Waals surface area contributed by atoms with E-state index in [1.165, 1.54) is 18.2 Å². The Labute approximate surface area is 168 Å². The summed E-state index contributed by atoms with van der Waals surface area (Å²) in [5.74, 6) is -3.15. The summed E-state index contributed by atoms with van der Waals surface area (Å²) >= 11 is 0. The molecule has 2 aromatic carbocycles. The molecule has 0 unspecified atom stereocenters. The van der Waals surface area contributed by atoms with Gasteiger partial charge in [-0.05, 0) is 24.2 Å². The molecule has 0 bridgehead atoms. The van der Waals surface area contributed by atoms with E-state index in [2.05, 4.69) is 19.6 Å². The Morgan fingerprint density at radius 2 is 1.83 bits per heavy atom. The summed E-state index contributed by atoms with van der Waals surface area (Å²) in [6, 6.07) is 8.65. The maximum Gasteiger partial charge on any atom is 0.199 e. The molecular weight excluding hydrogens is 397 g/mol. The average molecular weight is 418 g/mol. The highest BCUT2D eigenvalue weighted by molar-refractivity contribution is 6.76. The number of halogens is 3. The highest BCUT2D eigenvalue weighted by Crippen LogP contribution is 2.34. The van der Waals surface area contributed by atoms with E-state index in [-0.39, 0.29) is 23.4 Å². The van der Waals surface area contributed by atoms with Crippen molar-refractivity contribution in [2.24, 2.45) is 0 Å². The van der Waals surface area contributed by atoms with Crippen LogP contribution in [0.5, 0.6) is 11.5 Å². The molecule has 0 fully saturated rings. The van der Waals surface area contributed by atoms with E-state index in [9.17, 15) is 13.2 Å². The summed E-state index contributed by atoms with van der Waals surface area (Å²) in [4.78, 5) is 0. The van der Waals surface area contributed by atoms with Crippen LogP contribution >= 0.6 is 0 Å². The highest BCUT2D eigenvalue weighted by atomic mass is 28.3. The smallest absolute Gasteiger partial charge is 0.199 e. The van der Waals surface area contributed by atoms with Crippen LogP contribution in [0.1, 0.15) is 5.56 Å². The molecule has 0 aliphatic heterocycles. The molecule has 29 heavy (non-hydrogen) atoms. The number of rotatable bonds is 7. The van der Waals surface area contributed by atoms with Gasteiger partial charge in [-0.3, -0.25) is 0 Å². The van der Waals surface area contributed by atoms with Crippen molar-refractivity contribution in [2.75, 3.05) is 6.61 Å². The van der Waals surface area contributed by atoms with Crippen molar-refractivity contribution in [3.05, 3.63) is 59.5 Å². The fourth-order valence-corrected chi connectivity index (χ4v) is 3.52. The van der Waals surface area contributed by atoms with Gasteiger partial charge in [0.05, 0.1) is 11.1 Å². The molecule has 3 aromatic rings. The van der Waals surface area contributed by atoms with Crippen LogP contribution in [0, 0.1) is 28.8 Å². The maximum atomic E-state index is 14.9. The van der Waals surface area contributed by atoms with Gasteiger partial charge < -0.3 is 14.0 Å². The molecule has 0 atom stereocenters. The molecule has 1 heterocycles. The third kappa shape index (κ3) is 4.81.